The topological polar surface area (TPSA) is 50.7 Å². The molecule has 1 saturated carbocycles. The van der Waals surface area contributed by atoms with Crippen molar-refractivity contribution in [3.63, 3.8) is 0 Å². The number of aliphatic hydroxyl groups is 1. The lowest BCUT2D eigenvalue weighted by Crippen LogP contribution is -2.34. The maximum Gasteiger partial charge on any atom is 0.0897 e. The van der Waals surface area contributed by atoms with Crippen molar-refractivity contribution in [2.45, 2.75) is 51.7 Å². The lowest BCUT2D eigenvalue weighted by molar-refractivity contribution is -0.0308. The number of nitrogens with one attached hydrogen (secondary N) is 1. The van der Waals surface area contributed by atoms with Gasteiger partial charge in [0.2, 0.25) is 0 Å². The molecule has 4 nitrogen and oxygen atoms in total. The summed E-state index contributed by atoms with van der Waals surface area (Å²) in [6, 6.07) is 0. The minimum atomic E-state index is -0.437. The molecule has 0 aromatic carbocycles. The van der Waals surface area contributed by atoms with Crippen LogP contribution in [0.3, 0.4) is 0 Å². The van der Waals surface area contributed by atoms with Crippen LogP contribution in [0, 0.1) is 5.92 Å². The summed E-state index contributed by atoms with van der Waals surface area (Å²) in [7, 11) is 0. The zero-order valence-electron chi connectivity index (χ0n) is 13.1. The fourth-order valence-electron chi connectivity index (χ4n) is 2.50. The summed E-state index contributed by atoms with van der Waals surface area (Å²) in [5.41, 5.74) is 1.03. The van der Waals surface area contributed by atoms with Gasteiger partial charge in [0.05, 0.1) is 32.0 Å². The summed E-state index contributed by atoms with van der Waals surface area (Å²) in [4.78, 5) is 0. The van der Waals surface area contributed by atoms with Crippen LogP contribution in [0.15, 0.2) is 12.2 Å². The Morgan fingerprint density at radius 2 is 2.25 bits per heavy atom. The molecule has 0 aliphatic heterocycles. The summed E-state index contributed by atoms with van der Waals surface area (Å²) in [5, 5.41) is 13.0. The molecule has 4 heteroatoms. The molecule has 0 heterocycles. The van der Waals surface area contributed by atoms with Crippen LogP contribution in [0.4, 0.5) is 0 Å². The van der Waals surface area contributed by atoms with Crippen LogP contribution in [0.25, 0.3) is 0 Å². The predicted molar refractivity (Wildman–Crippen MR) is 81.9 cm³/mol. The van der Waals surface area contributed by atoms with E-state index in [-0.39, 0.29) is 0 Å². The first-order valence-electron chi connectivity index (χ1n) is 7.80. The zero-order chi connectivity index (χ0) is 14.8. The van der Waals surface area contributed by atoms with Crippen LogP contribution in [-0.2, 0) is 9.47 Å². The Balaban J connectivity index is 1.94. The third-order valence-electron chi connectivity index (χ3n) is 3.56. The molecule has 3 unspecified atom stereocenters. The van der Waals surface area contributed by atoms with Gasteiger partial charge in [-0.15, -0.1) is 0 Å². The summed E-state index contributed by atoms with van der Waals surface area (Å²) in [6.07, 6.45) is 4.74. The van der Waals surface area contributed by atoms with E-state index in [2.05, 4.69) is 18.8 Å². The van der Waals surface area contributed by atoms with Gasteiger partial charge in [0.15, 0.2) is 0 Å². The van der Waals surface area contributed by atoms with Crippen molar-refractivity contribution in [2.24, 2.45) is 5.92 Å². The lowest BCUT2D eigenvalue weighted by Gasteiger charge is -2.27. The molecule has 2 N–H and O–H groups in total. The van der Waals surface area contributed by atoms with Crippen LogP contribution < -0.4 is 5.32 Å². The molecular formula is C16H31NO3. The van der Waals surface area contributed by atoms with Gasteiger partial charge in [-0.1, -0.05) is 31.9 Å². The Hall–Kier alpha value is -0.420. The third kappa shape index (κ3) is 8.69. The number of hydrogen-bond acceptors (Lipinski definition) is 4. The Bertz CT molecular complexity index is 270. The highest BCUT2D eigenvalue weighted by Crippen LogP contribution is 2.25. The standard InChI is InChI=1S/C16H31NO3/c1-13(2)11-19-8-7-17-10-15(18)12-20-16-6-4-5-14(3)9-16/h14-18H,1,4-12H2,2-3H3. The van der Waals surface area contributed by atoms with Gasteiger partial charge in [-0.2, -0.15) is 0 Å². The van der Waals surface area contributed by atoms with E-state index in [9.17, 15) is 5.11 Å². The fraction of sp³-hybridized carbons (Fsp3) is 0.875. The van der Waals surface area contributed by atoms with Crippen LogP contribution >= 0.6 is 0 Å². The molecule has 118 valence electrons. The Kier molecular flexibility index (Phi) is 9.10. The Morgan fingerprint density at radius 3 is 2.95 bits per heavy atom. The number of rotatable bonds is 10. The summed E-state index contributed by atoms with van der Waals surface area (Å²) in [6.45, 7) is 11.0. The van der Waals surface area contributed by atoms with Crippen LogP contribution in [-0.4, -0.2) is 50.2 Å². The third-order valence-corrected chi connectivity index (χ3v) is 3.56. The first kappa shape index (κ1) is 17.6. The number of aliphatic hydroxyl groups excluding tert-OH is 1. The van der Waals surface area contributed by atoms with Crippen molar-refractivity contribution in [2.75, 3.05) is 32.9 Å². The van der Waals surface area contributed by atoms with Crippen molar-refractivity contribution < 1.29 is 14.6 Å². The Morgan fingerprint density at radius 1 is 1.45 bits per heavy atom. The van der Waals surface area contributed by atoms with Gasteiger partial charge in [-0.25, -0.2) is 0 Å². The molecule has 0 saturated heterocycles. The van der Waals surface area contributed by atoms with E-state index in [0.29, 0.717) is 32.5 Å². The molecule has 20 heavy (non-hydrogen) atoms. The van der Waals surface area contributed by atoms with Crippen molar-refractivity contribution in [1.82, 2.24) is 5.32 Å². The van der Waals surface area contributed by atoms with Gasteiger partial charge in [0.1, 0.15) is 0 Å². The summed E-state index contributed by atoms with van der Waals surface area (Å²) < 4.78 is 11.2. The average molecular weight is 285 g/mol. The van der Waals surface area contributed by atoms with E-state index in [1.165, 1.54) is 12.8 Å². The van der Waals surface area contributed by atoms with Gasteiger partial charge < -0.3 is 19.9 Å². The predicted octanol–water partition coefficient (Wildman–Crippen LogP) is 2.12. The smallest absolute Gasteiger partial charge is 0.0897 e. The maximum atomic E-state index is 9.85. The van der Waals surface area contributed by atoms with Gasteiger partial charge in [-0.3, -0.25) is 0 Å². The molecule has 0 amide bonds. The van der Waals surface area contributed by atoms with Crippen LogP contribution in [0.2, 0.25) is 0 Å². The monoisotopic (exact) mass is 285 g/mol. The van der Waals surface area contributed by atoms with E-state index in [1.54, 1.807) is 0 Å². The summed E-state index contributed by atoms with van der Waals surface area (Å²) in [5.74, 6) is 0.759. The molecule has 1 fully saturated rings. The molecule has 0 bridgehead atoms. The maximum absolute atomic E-state index is 9.85. The molecule has 0 aromatic heterocycles. The molecule has 1 rings (SSSR count). The summed E-state index contributed by atoms with van der Waals surface area (Å²) >= 11 is 0. The molecular weight excluding hydrogens is 254 g/mol. The highest BCUT2D eigenvalue weighted by molar-refractivity contribution is 4.87. The largest absolute Gasteiger partial charge is 0.389 e. The second-order valence-corrected chi connectivity index (χ2v) is 6.09. The van der Waals surface area contributed by atoms with Crippen molar-refractivity contribution in [3.05, 3.63) is 12.2 Å². The van der Waals surface area contributed by atoms with E-state index < -0.39 is 6.10 Å². The Labute approximate surface area is 123 Å². The van der Waals surface area contributed by atoms with Crippen molar-refractivity contribution in [1.29, 1.82) is 0 Å². The van der Waals surface area contributed by atoms with E-state index in [1.807, 2.05) is 6.92 Å². The molecule has 0 aromatic rings. The zero-order valence-corrected chi connectivity index (χ0v) is 13.1. The minimum Gasteiger partial charge on any atom is -0.389 e. The van der Waals surface area contributed by atoms with Crippen LogP contribution in [0.5, 0.6) is 0 Å². The molecule has 0 radical (unpaired) electrons. The highest BCUT2D eigenvalue weighted by atomic mass is 16.5. The second kappa shape index (κ2) is 10.3. The highest BCUT2D eigenvalue weighted by Gasteiger charge is 2.20. The number of ether oxygens (including phenoxy) is 2. The van der Waals surface area contributed by atoms with E-state index in [4.69, 9.17) is 9.47 Å². The normalized spacial score (nSPS) is 24.6. The lowest BCUT2D eigenvalue weighted by atomic mass is 9.89. The van der Waals surface area contributed by atoms with E-state index >= 15 is 0 Å². The molecule has 1 aliphatic rings. The van der Waals surface area contributed by atoms with Gasteiger partial charge >= 0.3 is 0 Å². The quantitative estimate of drug-likeness (QED) is 0.477. The molecule has 3 atom stereocenters. The average Bonchev–Trinajstić information content (AvgIpc) is 2.40. The first-order valence-corrected chi connectivity index (χ1v) is 7.80. The van der Waals surface area contributed by atoms with Gasteiger partial charge in [-0.05, 0) is 25.7 Å². The van der Waals surface area contributed by atoms with Gasteiger partial charge in [0, 0.05) is 13.1 Å². The first-order chi connectivity index (χ1) is 9.58. The van der Waals surface area contributed by atoms with E-state index in [0.717, 1.165) is 30.9 Å². The molecule has 0 spiro atoms. The SMILES string of the molecule is C=C(C)COCCNCC(O)COC1CCCC(C)C1. The minimum absolute atomic E-state index is 0.340. The van der Waals surface area contributed by atoms with Crippen molar-refractivity contribution in [3.8, 4) is 0 Å². The number of hydrogen-bond donors (Lipinski definition) is 2. The van der Waals surface area contributed by atoms with Crippen molar-refractivity contribution >= 4 is 0 Å². The van der Waals surface area contributed by atoms with Gasteiger partial charge in [0.25, 0.3) is 0 Å². The van der Waals surface area contributed by atoms with Crippen LogP contribution in [0.1, 0.15) is 39.5 Å². The molecule has 1 aliphatic carbocycles. The fourth-order valence-corrected chi connectivity index (χ4v) is 2.50. The second-order valence-electron chi connectivity index (χ2n) is 6.09.